The van der Waals surface area contributed by atoms with Crippen molar-refractivity contribution >= 4 is 11.9 Å². The van der Waals surface area contributed by atoms with Crippen molar-refractivity contribution in [2.75, 3.05) is 13.7 Å². The maximum absolute atomic E-state index is 13.3. The summed E-state index contributed by atoms with van der Waals surface area (Å²) in [5.74, 6) is -0.691. The highest BCUT2D eigenvalue weighted by Crippen LogP contribution is 2.38. The summed E-state index contributed by atoms with van der Waals surface area (Å²) in [6, 6.07) is 16.5. The van der Waals surface area contributed by atoms with E-state index in [1.807, 2.05) is 82.3 Å². The van der Waals surface area contributed by atoms with Crippen LogP contribution in [0.2, 0.25) is 0 Å². The first-order valence-electron chi connectivity index (χ1n) is 10.6. The Balaban J connectivity index is 1.80. The summed E-state index contributed by atoms with van der Waals surface area (Å²) >= 11 is 0. The van der Waals surface area contributed by atoms with Crippen LogP contribution in [0.3, 0.4) is 0 Å². The zero-order valence-electron chi connectivity index (χ0n) is 18.9. The number of nitrogens with one attached hydrogen (secondary N) is 1. The quantitative estimate of drug-likeness (QED) is 0.690. The molecule has 1 saturated heterocycles. The molecule has 1 aliphatic heterocycles. The Hall–Kier alpha value is -2.70. The standard InChI is InChI=1S/C25H32N2O4/c1-17-11-9-10-14-20(17)15-21(24(29)30-5)26-23(28)18(2)27-22(16-31-25(27,3)4)19-12-7-6-8-13-19/h6-14,18,21-22H,15-16H2,1-5H3,(H,26,28)/t18-,21+,22-/m1/s1. The number of benzene rings is 2. The van der Waals surface area contributed by atoms with Crippen molar-refractivity contribution in [2.24, 2.45) is 0 Å². The Morgan fingerprint density at radius 2 is 1.81 bits per heavy atom. The molecule has 0 saturated carbocycles. The second kappa shape index (κ2) is 9.62. The fourth-order valence-corrected chi connectivity index (χ4v) is 4.29. The molecule has 3 rings (SSSR count). The Kier molecular flexibility index (Phi) is 7.13. The van der Waals surface area contributed by atoms with E-state index in [-0.39, 0.29) is 11.9 Å². The number of nitrogens with zero attached hydrogens (tertiary/aromatic N) is 1. The van der Waals surface area contributed by atoms with Gasteiger partial charge in [-0.2, -0.15) is 0 Å². The molecule has 31 heavy (non-hydrogen) atoms. The predicted molar refractivity (Wildman–Crippen MR) is 119 cm³/mol. The average molecular weight is 425 g/mol. The number of rotatable bonds is 7. The molecule has 6 nitrogen and oxygen atoms in total. The van der Waals surface area contributed by atoms with Gasteiger partial charge in [-0.15, -0.1) is 0 Å². The molecule has 166 valence electrons. The lowest BCUT2D eigenvalue weighted by atomic mass is 10.00. The van der Waals surface area contributed by atoms with Crippen LogP contribution in [0.1, 0.15) is 43.5 Å². The average Bonchev–Trinajstić information content (AvgIpc) is 3.09. The van der Waals surface area contributed by atoms with Gasteiger partial charge in [-0.3, -0.25) is 9.69 Å². The van der Waals surface area contributed by atoms with E-state index in [1.165, 1.54) is 7.11 Å². The lowest BCUT2D eigenvalue weighted by Crippen LogP contribution is -2.55. The maximum atomic E-state index is 13.3. The highest BCUT2D eigenvalue weighted by atomic mass is 16.5. The summed E-state index contributed by atoms with van der Waals surface area (Å²) in [7, 11) is 1.34. The molecule has 0 unspecified atom stereocenters. The van der Waals surface area contributed by atoms with Gasteiger partial charge in [-0.1, -0.05) is 54.6 Å². The van der Waals surface area contributed by atoms with E-state index >= 15 is 0 Å². The number of hydrogen-bond acceptors (Lipinski definition) is 5. The van der Waals surface area contributed by atoms with Crippen LogP contribution < -0.4 is 5.32 Å². The molecule has 1 heterocycles. The van der Waals surface area contributed by atoms with Crippen molar-refractivity contribution in [1.82, 2.24) is 10.2 Å². The Morgan fingerprint density at radius 3 is 2.45 bits per heavy atom. The molecule has 1 fully saturated rings. The number of amides is 1. The second-order valence-electron chi connectivity index (χ2n) is 8.48. The first-order valence-corrected chi connectivity index (χ1v) is 10.6. The van der Waals surface area contributed by atoms with Gasteiger partial charge in [0.2, 0.25) is 5.91 Å². The summed E-state index contributed by atoms with van der Waals surface area (Å²) in [6.45, 7) is 8.26. The second-order valence-corrected chi connectivity index (χ2v) is 8.48. The molecule has 3 atom stereocenters. The first kappa shape index (κ1) is 23.0. The maximum Gasteiger partial charge on any atom is 0.328 e. The van der Waals surface area contributed by atoms with Crippen LogP contribution >= 0.6 is 0 Å². The molecule has 0 aromatic heterocycles. The van der Waals surface area contributed by atoms with Crippen LogP contribution in [-0.4, -0.2) is 48.3 Å². The molecule has 0 spiro atoms. The summed E-state index contributed by atoms with van der Waals surface area (Å²) in [5.41, 5.74) is 2.54. The molecule has 0 radical (unpaired) electrons. The first-order chi connectivity index (χ1) is 14.7. The lowest BCUT2D eigenvalue weighted by molar-refractivity contribution is -0.147. The van der Waals surface area contributed by atoms with Gasteiger partial charge in [-0.05, 0) is 44.4 Å². The van der Waals surface area contributed by atoms with Gasteiger partial charge in [0.05, 0.1) is 25.8 Å². The van der Waals surface area contributed by atoms with Crippen LogP contribution in [-0.2, 0) is 25.5 Å². The lowest BCUT2D eigenvalue weighted by Gasteiger charge is -2.38. The number of ether oxygens (including phenoxy) is 2. The molecule has 1 N–H and O–H groups in total. The summed E-state index contributed by atoms with van der Waals surface area (Å²) < 4.78 is 11.0. The van der Waals surface area contributed by atoms with Crippen molar-refractivity contribution in [3.8, 4) is 0 Å². The van der Waals surface area contributed by atoms with E-state index in [1.54, 1.807) is 0 Å². The van der Waals surface area contributed by atoms with Gasteiger partial charge in [0, 0.05) is 6.42 Å². The molecule has 0 bridgehead atoms. The van der Waals surface area contributed by atoms with Gasteiger partial charge >= 0.3 is 5.97 Å². The minimum atomic E-state index is -0.761. The minimum Gasteiger partial charge on any atom is -0.467 e. The number of esters is 1. The van der Waals surface area contributed by atoms with E-state index in [4.69, 9.17) is 9.47 Å². The Labute approximate surface area is 184 Å². The molecule has 1 aliphatic rings. The van der Waals surface area contributed by atoms with Crippen molar-refractivity contribution in [2.45, 2.75) is 58.0 Å². The zero-order chi connectivity index (χ0) is 22.6. The van der Waals surface area contributed by atoms with Crippen molar-refractivity contribution in [3.63, 3.8) is 0 Å². The van der Waals surface area contributed by atoms with Gasteiger partial charge in [0.15, 0.2) is 0 Å². The summed E-state index contributed by atoms with van der Waals surface area (Å²) in [5, 5.41) is 2.92. The fourth-order valence-electron chi connectivity index (χ4n) is 4.29. The monoisotopic (exact) mass is 424 g/mol. The topological polar surface area (TPSA) is 67.9 Å². The largest absolute Gasteiger partial charge is 0.467 e. The van der Waals surface area contributed by atoms with E-state index in [0.717, 1.165) is 16.7 Å². The van der Waals surface area contributed by atoms with Crippen LogP contribution in [0.15, 0.2) is 54.6 Å². The number of hydrogen-bond donors (Lipinski definition) is 1. The third-order valence-corrected chi connectivity index (χ3v) is 6.02. The van der Waals surface area contributed by atoms with Gasteiger partial charge in [-0.25, -0.2) is 4.79 Å². The van der Waals surface area contributed by atoms with E-state index in [2.05, 4.69) is 10.2 Å². The predicted octanol–water partition coefficient (Wildman–Crippen LogP) is 3.39. The molecule has 0 aliphatic carbocycles. The van der Waals surface area contributed by atoms with Crippen molar-refractivity contribution in [3.05, 3.63) is 71.3 Å². The summed E-state index contributed by atoms with van der Waals surface area (Å²) in [4.78, 5) is 27.8. The third-order valence-electron chi connectivity index (χ3n) is 6.02. The van der Waals surface area contributed by atoms with Crippen molar-refractivity contribution in [1.29, 1.82) is 0 Å². The normalized spacial score (nSPS) is 20.1. The Morgan fingerprint density at radius 1 is 1.16 bits per heavy atom. The molecule has 1 amide bonds. The van der Waals surface area contributed by atoms with E-state index in [9.17, 15) is 9.59 Å². The number of aryl methyl sites for hydroxylation is 1. The highest BCUT2D eigenvalue weighted by Gasteiger charge is 2.46. The van der Waals surface area contributed by atoms with Crippen molar-refractivity contribution < 1.29 is 19.1 Å². The molecular formula is C25H32N2O4. The van der Waals surface area contributed by atoms with E-state index in [0.29, 0.717) is 13.0 Å². The van der Waals surface area contributed by atoms with Crippen LogP contribution in [0.25, 0.3) is 0 Å². The fraction of sp³-hybridized carbons (Fsp3) is 0.440. The number of methoxy groups -OCH3 is 1. The van der Waals surface area contributed by atoms with Gasteiger partial charge in [0.1, 0.15) is 11.8 Å². The molecule has 2 aromatic rings. The van der Waals surface area contributed by atoms with Gasteiger partial charge < -0.3 is 14.8 Å². The summed E-state index contributed by atoms with van der Waals surface area (Å²) in [6.07, 6.45) is 0.375. The van der Waals surface area contributed by atoms with Crippen LogP contribution in [0.4, 0.5) is 0 Å². The zero-order valence-corrected chi connectivity index (χ0v) is 18.9. The number of carbonyl (C=O) groups excluding carboxylic acids is 2. The third kappa shape index (κ3) is 5.14. The van der Waals surface area contributed by atoms with E-state index < -0.39 is 23.8 Å². The molecular weight excluding hydrogens is 392 g/mol. The van der Waals surface area contributed by atoms with Crippen LogP contribution in [0.5, 0.6) is 0 Å². The SMILES string of the molecule is COC(=O)[C@H](Cc1ccccc1C)NC(=O)[C@@H](C)N1[C@@H](c2ccccc2)COC1(C)C. The smallest absolute Gasteiger partial charge is 0.328 e. The highest BCUT2D eigenvalue weighted by molar-refractivity contribution is 5.87. The van der Waals surface area contributed by atoms with Gasteiger partial charge in [0.25, 0.3) is 0 Å². The molecule has 2 aromatic carbocycles. The minimum absolute atomic E-state index is 0.0510. The number of carbonyl (C=O) groups is 2. The van der Waals surface area contributed by atoms with Crippen LogP contribution in [0, 0.1) is 6.92 Å². The Bertz CT molecular complexity index is 913. The molecule has 6 heteroatoms.